The molecule has 27 heavy (non-hydrogen) atoms. The van der Waals surface area contributed by atoms with Crippen LogP contribution >= 0.6 is 23.1 Å². The molecule has 138 valence electrons. The summed E-state index contributed by atoms with van der Waals surface area (Å²) in [7, 11) is 1.55. The first-order valence-electron chi connectivity index (χ1n) is 8.01. The molecule has 2 aromatic rings. The molecule has 1 aliphatic heterocycles. The second kappa shape index (κ2) is 8.70. The zero-order chi connectivity index (χ0) is 19.2. The zero-order valence-corrected chi connectivity index (χ0v) is 16.0. The van der Waals surface area contributed by atoms with E-state index in [0.29, 0.717) is 21.5 Å². The van der Waals surface area contributed by atoms with Crippen molar-refractivity contribution in [2.75, 3.05) is 18.2 Å². The summed E-state index contributed by atoms with van der Waals surface area (Å²) in [5.74, 6) is -0.194. The number of methoxy groups -OCH3 is 1. The number of amides is 2. The Morgan fingerprint density at radius 1 is 1.52 bits per heavy atom. The number of hydrogen-bond donors (Lipinski definition) is 2. The van der Waals surface area contributed by atoms with Crippen molar-refractivity contribution in [2.24, 2.45) is 0 Å². The highest BCUT2D eigenvalue weighted by molar-refractivity contribution is 8.03. The van der Waals surface area contributed by atoms with Crippen molar-refractivity contribution in [3.63, 3.8) is 0 Å². The van der Waals surface area contributed by atoms with Gasteiger partial charge in [0.2, 0.25) is 11.8 Å². The van der Waals surface area contributed by atoms with Crippen LogP contribution in [-0.4, -0.2) is 29.7 Å². The highest BCUT2D eigenvalue weighted by Gasteiger charge is 2.31. The van der Waals surface area contributed by atoms with Gasteiger partial charge in [0.25, 0.3) is 0 Å². The monoisotopic (exact) mass is 400 g/mol. The largest absolute Gasteiger partial charge is 0.496 e. The van der Waals surface area contributed by atoms with Crippen LogP contribution in [0, 0.1) is 11.3 Å². The quantitative estimate of drug-likeness (QED) is 0.773. The third-order valence-electron chi connectivity index (χ3n) is 3.90. The maximum absolute atomic E-state index is 12.2. The molecule has 1 aliphatic rings. The fourth-order valence-electron chi connectivity index (χ4n) is 2.73. The van der Waals surface area contributed by atoms with Crippen molar-refractivity contribution in [1.29, 1.82) is 5.26 Å². The van der Waals surface area contributed by atoms with Crippen molar-refractivity contribution < 1.29 is 14.3 Å². The molecular formula is C18H16N4O3S2. The minimum Gasteiger partial charge on any atom is -0.496 e. The van der Waals surface area contributed by atoms with Crippen LogP contribution < -0.4 is 15.4 Å². The Labute approximate surface area is 164 Å². The van der Waals surface area contributed by atoms with Gasteiger partial charge in [-0.1, -0.05) is 30.0 Å². The van der Waals surface area contributed by atoms with Crippen LogP contribution in [-0.2, 0) is 9.59 Å². The third kappa shape index (κ3) is 4.48. The summed E-state index contributed by atoms with van der Waals surface area (Å²) in [6.45, 7) is 0. The predicted octanol–water partition coefficient (Wildman–Crippen LogP) is 2.86. The van der Waals surface area contributed by atoms with Crippen LogP contribution in [0.4, 0.5) is 5.13 Å². The van der Waals surface area contributed by atoms with Crippen molar-refractivity contribution in [1.82, 2.24) is 10.3 Å². The molecular weight excluding hydrogens is 384 g/mol. The van der Waals surface area contributed by atoms with E-state index >= 15 is 0 Å². The van der Waals surface area contributed by atoms with Gasteiger partial charge in [-0.3, -0.25) is 9.59 Å². The summed E-state index contributed by atoms with van der Waals surface area (Å²) in [6, 6.07) is 9.51. The number of carbonyl (C=O) groups is 2. The van der Waals surface area contributed by atoms with E-state index in [2.05, 4.69) is 21.7 Å². The Morgan fingerprint density at radius 3 is 3.04 bits per heavy atom. The number of allylic oxidation sites excluding steroid dienone is 1. The van der Waals surface area contributed by atoms with Gasteiger partial charge in [-0.05, 0) is 6.07 Å². The summed E-state index contributed by atoms with van der Waals surface area (Å²) in [5, 5.41) is 17.8. The summed E-state index contributed by atoms with van der Waals surface area (Å²) in [6.07, 6.45) is 1.75. The normalized spacial score (nSPS) is 16.4. The minimum absolute atomic E-state index is 0.0546. The minimum atomic E-state index is -0.413. The van der Waals surface area contributed by atoms with Gasteiger partial charge in [-0.15, -0.1) is 11.3 Å². The van der Waals surface area contributed by atoms with Crippen LogP contribution in [0.15, 0.2) is 46.4 Å². The first-order chi connectivity index (χ1) is 13.1. The van der Waals surface area contributed by atoms with Crippen molar-refractivity contribution in [3.8, 4) is 11.8 Å². The number of carbonyl (C=O) groups excluding carboxylic acids is 2. The van der Waals surface area contributed by atoms with Gasteiger partial charge in [-0.25, -0.2) is 4.98 Å². The second-order valence-corrected chi connectivity index (χ2v) is 7.46. The van der Waals surface area contributed by atoms with E-state index < -0.39 is 5.92 Å². The van der Waals surface area contributed by atoms with Gasteiger partial charge in [0, 0.05) is 29.5 Å². The lowest BCUT2D eigenvalue weighted by atomic mass is 9.86. The number of ether oxygens (including phenoxy) is 1. The molecule has 0 aliphatic carbocycles. The Kier molecular flexibility index (Phi) is 6.11. The van der Waals surface area contributed by atoms with Crippen LogP contribution in [0.2, 0.25) is 0 Å². The number of nitrogens with zero attached hydrogens (tertiary/aromatic N) is 2. The van der Waals surface area contributed by atoms with E-state index in [9.17, 15) is 14.9 Å². The number of benzene rings is 1. The molecule has 3 rings (SSSR count). The molecule has 0 saturated carbocycles. The van der Waals surface area contributed by atoms with E-state index in [1.54, 1.807) is 24.8 Å². The Bertz CT molecular complexity index is 919. The van der Waals surface area contributed by atoms with Crippen LogP contribution in [0.1, 0.15) is 17.9 Å². The molecule has 2 N–H and O–H groups in total. The van der Waals surface area contributed by atoms with Gasteiger partial charge in [0.1, 0.15) is 5.75 Å². The summed E-state index contributed by atoms with van der Waals surface area (Å²) in [5.41, 5.74) is 1.20. The summed E-state index contributed by atoms with van der Waals surface area (Å²) in [4.78, 5) is 28.3. The average Bonchev–Trinajstić information content (AvgIpc) is 3.18. The number of anilines is 1. The first kappa shape index (κ1) is 18.9. The van der Waals surface area contributed by atoms with Crippen molar-refractivity contribution in [2.45, 2.75) is 12.3 Å². The lowest BCUT2D eigenvalue weighted by Crippen LogP contribution is -2.31. The lowest BCUT2D eigenvalue weighted by molar-refractivity contribution is -0.121. The van der Waals surface area contributed by atoms with Gasteiger partial charge in [-0.2, -0.15) is 5.26 Å². The van der Waals surface area contributed by atoms with Crippen LogP contribution in [0.25, 0.3) is 0 Å². The maximum Gasteiger partial charge on any atom is 0.236 e. The molecule has 0 spiro atoms. The van der Waals surface area contributed by atoms with Gasteiger partial charge in [0.05, 0.1) is 29.5 Å². The summed E-state index contributed by atoms with van der Waals surface area (Å²) < 4.78 is 5.38. The highest BCUT2D eigenvalue weighted by Crippen LogP contribution is 2.39. The van der Waals surface area contributed by atoms with Gasteiger partial charge in [0.15, 0.2) is 5.13 Å². The number of hydrogen-bond acceptors (Lipinski definition) is 7. The second-order valence-electron chi connectivity index (χ2n) is 5.58. The average molecular weight is 400 g/mol. The van der Waals surface area contributed by atoms with Crippen molar-refractivity contribution >= 4 is 40.0 Å². The standard InChI is InChI=1S/C18H16N4O3S2/c1-25-14-5-3-2-4-11(14)12-8-15(23)21-17(13(12)9-19)27-10-16(24)22-18-20-6-7-26-18/h2-7,12H,8,10H2,1H3,(H,21,23)(H,20,22,24)/t12-/m1/s1. The van der Waals surface area contributed by atoms with E-state index in [1.165, 1.54) is 11.3 Å². The molecule has 0 fully saturated rings. The fraction of sp³-hybridized carbons (Fsp3) is 0.222. The highest BCUT2D eigenvalue weighted by atomic mass is 32.2. The molecule has 9 heteroatoms. The smallest absolute Gasteiger partial charge is 0.236 e. The van der Waals surface area contributed by atoms with E-state index in [-0.39, 0.29) is 24.0 Å². The fourth-order valence-corrected chi connectivity index (χ4v) is 4.15. The van der Waals surface area contributed by atoms with Gasteiger partial charge >= 0.3 is 0 Å². The number of nitriles is 1. The molecule has 2 heterocycles. The SMILES string of the molecule is COc1ccccc1[C@H]1CC(=O)NC(SCC(=O)Nc2nccs2)=C1C#N. The maximum atomic E-state index is 12.2. The van der Waals surface area contributed by atoms with Gasteiger partial charge < -0.3 is 15.4 Å². The summed E-state index contributed by atoms with van der Waals surface area (Å²) >= 11 is 2.44. The molecule has 0 bridgehead atoms. The van der Waals surface area contributed by atoms with Crippen LogP contribution in [0.5, 0.6) is 5.75 Å². The third-order valence-corrected chi connectivity index (χ3v) is 5.60. The number of para-hydroxylation sites is 1. The molecule has 2 amide bonds. The van der Waals surface area contributed by atoms with Crippen molar-refractivity contribution in [3.05, 3.63) is 52.0 Å². The molecule has 0 radical (unpaired) electrons. The zero-order valence-electron chi connectivity index (χ0n) is 14.4. The Morgan fingerprint density at radius 2 is 2.33 bits per heavy atom. The topological polar surface area (TPSA) is 104 Å². The number of thiazole rings is 1. The molecule has 7 nitrogen and oxygen atoms in total. The number of thioether (sulfide) groups is 1. The first-order valence-corrected chi connectivity index (χ1v) is 9.88. The van der Waals surface area contributed by atoms with Crippen LogP contribution in [0.3, 0.4) is 0 Å². The molecule has 0 saturated heterocycles. The van der Waals surface area contributed by atoms with E-state index in [1.807, 2.05) is 18.2 Å². The Balaban J connectivity index is 1.81. The molecule has 1 atom stereocenters. The predicted molar refractivity (Wildman–Crippen MR) is 104 cm³/mol. The Hall–Kier alpha value is -2.83. The number of nitrogens with one attached hydrogen (secondary N) is 2. The molecule has 0 unspecified atom stereocenters. The lowest BCUT2D eigenvalue weighted by Gasteiger charge is -2.26. The van der Waals surface area contributed by atoms with E-state index in [0.717, 1.165) is 17.3 Å². The molecule has 1 aromatic heterocycles. The van der Waals surface area contributed by atoms with E-state index in [4.69, 9.17) is 4.74 Å². The number of rotatable bonds is 6. The number of aromatic nitrogens is 1. The molecule has 1 aromatic carbocycles.